The van der Waals surface area contributed by atoms with E-state index in [2.05, 4.69) is 21.1 Å². The van der Waals surface area contributed by atoms with Crippen LogP contribution in [0.5, 0.6) is 5.75 Å². The lowest BCUT2D eigenvalue weighted by Crippen LogP contribution is -2.34. The van der Waals surface area contributed by atoms with Crippen LogP contribution < -0.4 is 4.74 Å². The first-order valence-corrected chi connectivity index (χ1v) is 7.06. The van der Waals surface area contributed by atoms with Gasteiger partial charge in [-0.25, -0.2) is 0 Å². The number of carbonyl (C=O) groups is 1. The van der Waals surface area contributed by atoms with Crippen LogP contribution in [0.4, 0.5) is 0 Å². The maximum atomic E-state index is 12.4. The average Bonchev–Trinajstić information content (AvgIpc) is 2.99. The predicted molar refractivity (Wildman–Crippen MR) is 75.6 cm³/mol. The molecular formula is C14H13BrN2O3. The number of fused-ring (bicyclic) bond motifs is 1. The molecule has 0 radical (unpaired) electrons. The Morgan fingerprint density at radius 3 is 3.05 bits per heavy atom. The molecule has 0 saturated heterocycles. The Hall–Kier alpha value is -1.82. The van der Waals surface area contributed by atoms with Crippen molar-refractivity contribution >= 4 is 21.8 Å². The van der Waals surface area contributed by atoms with Crippen molar-refractivity contribution in [2.45, 2.75) is 12.5 Å². The van der Waals surface area contributed by atoms with E-state index in [4.69, 9.17) is 9.26 Å². The highest BCUT2D eigenvalue weighted by Gasteiger charge is 2.29. The minimum absolute atomic E-state index is 0.0274. The number of rotatable bonds is 2. The van der Waals surface area contributed by atoms with Crippen molar-refractivity contribution in [2.75, 3.05) is 13.7 Å². The normalized spacial score (nSPS) is 17.2. The summed E-state index contributed by atoms with van der Waals surface area (Å²) in [4.78, 5) is 14.0. The van der Waals surface area contributed by atoms with Crippen LogP contribution in [-0.2, 0) is 0 Å². The second kappa shape index (κ2) is 5.28. The summed E-state index contributed by atoms with van der Waals surface area (Å²) in [5.41, 5.74) is 1.32. The SMILES string of the molecule is CN(C(=O)c1ccon1)C1CCOc2ccc(Br)cc21. The van der Waals surface area contributed by atoms with Crippen molar-refractivity contribution < 1.29 is 14.1 Å². The standard InChI is InChI=1S/C14H13BrN2O3/c1-17(14(18)11-4-7-20-16-11)12-5-6-19-13-3-2-9(15)8-10(12)13/h2-4,7-8,12H,5-6H2,1H3. The molecule has 0 N–H and O–H groups in total. The molecule has 6 heteroatoms. The molecule has 0 fully saturated rings. The summed E-state index contributed by atoms with van der Waals surface area (Å²) in [6.07, 6.45) is 2.15. The molecule has 1 aliphatic rings. The van der Waals surface area contributed by atoms with Gasteiger partial charge >= 0.3 is 0 Å². The molecule has 2 heterocycles. The van der Waals surface area contributed by atoms with Crippen LogP contribution in [0.25, 0.3) is 0 Å². The number of aromatic nitrogens is 1. The van der Waals surface area contributed by atoms with Crippen molar-refractivity contribution in [1.82, 2.24) is 10.1 Å². The van der Waals surface area contributed by atoms with Crippen LogP contribution >= 0.6 is 15.9 Å². The van der Waals surface area contributed by atoms with E-state index in [1.165, 1.54) is 6.26 Å². The number of nitrogens with zero attached hydrogens (tertiary/aromatic N) is 2. The highest BCUT2D eigenvalue weighted by molar-refractivity contribution is 9.10. The van der Waals surface area contributed by atoms with Gasteiger partial charge in [0.15, 0.2) is 5.69 Å². The lowest BCUT2D eigenvalue weighted by atomic mass is 9.99. The van der Waals surface area contributed by atoms with E-state index in [0.717, 1.165) is 22.2 Å². The number of halogens is 1. The Balaban J connectivity index is 1.92. The van der Waals surface area contributed by atoms with Crippen LogP contribution in [0.15, 0.2) is 39.5 Å². The van der Waals surface area contributed by atoms with E-state index in [1.54, 1.807) is 18.0 Å². The van der Waals surface area contributed by atoms with E-state index in [0.29, 0.717) is 12.3 Å². The van der Waals surface area contributed by atoms with E-state index in [9.17, 15) is 4.79 Å². The van der Waals surface area contributed by atoms with Crippen molar-refractivity contribution in [2.24, 2.45) is 0 Å². The summed E-state index contributed by atoms with van der Waals surface area (Å²) in [5, 5.41) is 3.70. The van der Waals surface area contributed by atoms with Crippen LogP contribution in [0.1, 0.15) is 28.5 Å². The van der Waals surface area contributed by atoms with E-state index in [-0.39, 0.29) is 11.9 Å². The number of amides is 1. The Morgan fingerprint density at radius 1 is 1.45 bits per heavy atom. The van der Waals surface area contributed by atoms with Gasteiger partial charge in [-0.05, 0) is 18.2 Å². The van der Waals surface area contributed by atoms with Gasteiger partial charge in [0.25, 0.3) is 5.91 Å². The van der Waals surface area contributed by atoms with E-state index < -0.39 is 0 Å². The summed E-state index contributed by atoms with van der Waals surface area (Å²) in [6.45, 7) is 0.593. The van der Waals surface area contributed by atoms with Crippen LogP contribution in [0.2, 0.25) is 0 Å². The summed E-state index contributed by atoms with van der Waals surface area (Å²) in [6, 6.07) is 7.38. The average molecular weight is 337 g/mol. The van der Waals surface area contributed by atoms with E-state index >= 15 is 0 Å². The molecule has 104 valence electrons. The molecule has 5 nitrogen and oxygen atoms in total. The van der Waals surface area contributed by atoms with Gasteiger partial charge in [-0.15, -0.1) is 0 Å². The Bertz CT molecular complexity index is 627. The van der Waals surface area contributed by atoms with Crippen LogP contribution in [0, 0.1) is 0 Å². The fraction of sp³-hybridized carbons (Fsp3) is 0.286. The largest absolute Gasteiger partial charge is 0.493 e. The molecule has 1 unspecified atom stereocenters. The highest BCUT2D eigenvalue weighted by atomic mass is 79.9. The molecule has 1 amide bonds. The first-order valence-electron chi connectivity index (χ1n) is 6.26. The summed E-state index contributed by atoms with van der Waals surface area (Å²) < 4.78 is 11.3. The molecule has 0 spiro atoms. The molecule has 1 atom stereocenters. The van der Waals surface area contributed by atoms with Gasteiger partial charge in [0, 0.05) is 29.6 Å². The van der Waals surface area contributed by atoms with Crippen LogP contribution in [-0.4, -0.2) is 29.6 Å². The number of hydrogen-bond donors (Lipinski definition) is 0. The van der Waals surface area contributed by atoms with Crippen molar-refractivity contribution in [3.63, 3.8) is 0 Å². The number of ether oxygens (including phenoxy) is 1. The fourth-order valence-electron chi connectivity index (χ4n) is 2.39. The van der Waals surface area contributed by atoms with Gasteiger partial charge < -0.3 is 14.2 Å². The number of hydrogen-bond acceptors (Lipinski definition) is 4. The molecule has 0 aliphatic carbocycles. The molecule has 1 aliphatic heterocycles. The third kappa shape index (κ3) is 2.31. The van der Waals surface area contributed by atoms with Crippen LogP contribution in [0.3, 0.4) is 0 Å². The Kier molecular flexibility index (Phi) is 3.48. The molecule has 2 aromatic rings. The second-order valence-electron chi connectivity index (χ2n) is 4.64. The minimum Gasteiger partial charge on any atom is -0.493 e. The monoisotopic (exact) mass is 336 g/mol. The zero-order valence-corrected chi connectivity index (χ0v) is 12.5. The Morgan fingerprint density at radius 2 is 2.30 bits per heavy atom. The smallest absolute Gasteiger partial charge is 0.276 e. The summed E-state index contributed by atoms with van der Waals surface area (Å²) in [7, 11) is 1.78. The first-order chi connectivity index (χ1) is 9.66. The van der Waals surface area contributed by atoms with Crippen molar-refractivity contribution in [3.8, 4) is 5.75 Å². The number of benzene rings is 1. The zero-order chi connectivity index (χ0) is 14.1. The molecule has 0 bridgehead atoms. The first kappa shape index (κ1) is 13.2. The maximum Gasteiger partial charge on any atom is 0.276 e. The van der Waals surface area contributed by atoms with Crippen molar-refractivity contribution in [1.29, 1.82) is 0 Å². The fourth-order valence-corrected chi connectivity index (χ4v) is 2.77. The van der Waals surface area contributed by atoms with Gasteiger partial charge in [0.05, 0.1) is 12.6 Å². The molecule has 1 aromatic heterocycles. The quantitative estimate of drug-likeness (QED) is 0.845. The third-order valence-corrected chi connectivity index (χ3v) is 3.92. The highest BCUT2D eigenvalue weighted by Crippen LogP contribution is 2.37. The zero-order valence-electron chi connectivity index (χ0n) is 10.9. The lowest BCUT2D eigenvalue weighted by Gasteiger charge is -2.32. The van der Waals surface area contributed by atoms with E-state index in [1.807, 2.05) is 18.2 Å². The number of carbonyl (C=O) groups excluding carboxylic acids is 1. The molecule has 0 saturated carbocycles. The maximum absolute atomic E-state index is 12.4. The summed E-state index contributed by atoms with van der Waals surface area (Å²) in [5.74, 6) is 0.667. The van der Waals surface area contributed by atoms with Crippen molar-refractivity contribution in [3.05, 3.63) is 46.3 Å². The second-order valence-corrected chi connectivity index (χ2v) is 5.55. The molecule has 20 heavy (non-hydrogen) atoms. The van der Waals surface area contributed by atoms with Gasteiger partial charge in [-0.3, -0.25) is 4.79 Å². The van der Waals surface area contributed by atoms with Gasteiger partial charge in [0.1, 0.15) is 12.0 Å². The minimum atomic E-state index is -0.156. The third-order valence-electron chi connectivity index (χ3n) is 3.42. The molecule has 1 aromatic carbocycles. The molecule has 3 rings (SSSR count). The predicted octanol–water partition coefficient (Wildman–Crippen LogP) is 3.03. The van der Waals surface area contributed by atoms with Gasteiger partial charge in [-0.1, -0.05) is 21.1 Å². The van der Waals surface area contributed by atoms with Gasteiger partial charge in [0.2, 0.25) is 0 Å². The molecular weight excluding hydrogens is 324 g/mol. The topological polar surface area (TPSA) is 55.6 Å². The lowest BCUT2D eigenvalue weighted by molar-refractivity contribution is 0.0676. The van der Waals surface area contributed by atoms with Gasteiger partial charge in [-0.2, -0.15) is 0 Å². The summed E-state index contributed by atoms with van der Waals surface area (Å²) >= 11 is 3.46. The Labute approximate surface area is 124 Å².